The molecule has 2 aromatic carbocycles. The molecule has 0 atom stereocenters. The molecule has 2 N–H and O–H groups in total. The molecule has 0 amide bonds. The minimum Gasteiger partial charge on any atom is -0.504 e. The van der Waals surface area contributed by atoms with E-state index in [-0.39, 0.29) is 11.3 Å². The van der Waals surface area contributed by atoms with Crippen molar-refractivity contribution in [2.24, 2.45) is 0 Å². The molecule has 0 aliphatic rings. The molecule has 0 aliphatic carbocycles. The lowest BCUT2D eigenvalue weighted by Gasteiger charge is -2.10. The summed E-state index contributed by atoms with van der Waals surface area (Å²) in [7, 11) is 1.23. The number of methoxy groups -OCH3 is 1. The van der Waals surface area contributed by atoms with Crippen LogP contribution in [0.5, 0.6) is 23.0 Å². The van der Waals surface area contributed by atoms with Gasteiger partial charge in [0.1, 0.15) is 5.75 Å². The van der Waals surface area contributed by atoms with Crippen molar-refractivity contribution in [1.29, 1.82) is 0 Å². The maximum Gasteiger partial charge on any atom is 0.338 e. The van der Waals surface area contributed by atoms with E-state index in [1.165, 1.54) is 13.2 Å². The van der Waals surface area contributed by atoms with Gasteiger partial charge in [-0.1, -0.05) is 17.7 Å². The Labute approximate surface area is 116 Å². The summed E-state index contributed by atoms with van der Waals surface area (Å²) in [6.07, 6.45) is 0. The summed E-state index contributed by atoms with van der Waals surface area (Å²) in [4.78, 5) is 11.5. The van der Waals surface area contributed by atoms with Gasteiger partial charge in [-0.3, -0.25) is 0 Å². The fourth-order valence-corrected chi connectivity index (χ4v) is 1.64. The lowest BCUT2D eigenvalue weighted by molar-refractivity contribution is 0.0600. The van der Waals surface area contributed by atoms with E-state index in [2.05, 4.69) is 4.74 Å². The fourth-order valence-electron chi connectivity index (χ4n) is 1.64. The van der Waals surface area contributed by atoms with Gasteiger partial charge in [0.2, 0.25) is 5.75 Å². The molecule has 0 fully saturated rings. The van der Waals surface area contributed by atoms with Crippen molar-refractivity contribution in [3.8, 4) is 23.0 Å². The third kappa shape index (κ3) is 2.83. The van der Waals surface area contributed by atoms with E-state index in [9.17, 15) is 15.0 Å². The normalized spacial score (nSPS) is 10.1. The van der Waals surface area contributed by atoms with Gasteiger partial charge in [0.25, 0.3) is 0 Å². The summed E-state index contributed by atoms with van der Waals surface area (Å²) < 4.78 is 10.0. The van der Waals surface area contributed by atoms with Crippen LogP contribution < -0.4 is 4.74 Å². The van der Waals surface area contributed by atoms with Crippen LogP contribution in [-0.2, 0) is 4.74 Å². The second kappa shape index (κ2) is 5.52. The standard InChI is InChI=1S/C15H14O5/c1-9-3-5-11(6-4-9)20-13-8-10(15(18)19-2)7-12(16)14(13)17/h3-8,16-17H,1-2H3. The van der Waals surface area contributed by atoms with Gasteiger partial charge in [0.05, 0.1) is 12.7 Å². The third-order valence-electron chi connectivity index (χ3n) is 2.72. The molecule has 0 saturated carbocycles. The Hall–Kier alpha value is -2.69. The number of phenols is 2. The van der Waals surface area contributed by atoms with Gasteiger partial charge in [-0.15, -0.1) is 0 Å². The number of aryl methyl sites for hydroxylation is 1. The van der Waals surface area contributed by atoms with Crippen molar-refractivity contribution in [2.75, 3.05) is 7.11 Å². The van der Waals surface area contributed by atoms with Crippen molar-refractivity contribution in [2.45, 2.75) is 6.92 Å². The zero-order valence-corrected chi connectivity index (χ0v) is 11.1. The van der Waals surface area contributed by atoms with Gasteiger partial charge in [0.15, 0.2) is 11.5 Å². The van der Waals surface area contributed by atoms with E-state index >= 15 is 0 Å². The second-order valence-electron chi connectivity index (χ2n) is 4.25. The highest BCUT2D eigenvalue weighted by molar-refractivity contribution is 5.91. The summed E-state index contributed by atoms with van der Waals surface area (Å²) in [5.74, 6) is -1.05. The Morgan fingerprint density at radius 1 is 1.10 bits per heavy atom. The molecule has 0 unspecified atom stereocenters. The summed E-state index contributed by atoms with van der Waals surface area (Å²) in [6, 6.07) is 9.55. The maximum atomic E-state index is 11.5. The van der Waals surface area contributed by atoms with Crippen LogP contribution in [0, 0.1) is 6.92 Å². The smallest absolute Gasteiger partial charge is 0.338 e. The van der Waals surface area contributed by atoms with Crippen molar-refractivity contribution in [3.63, 3.8) is 0 Å². The van der Waals surface area contributed by atoms with E-state index in [0.717, 1.165) is 11.6 Å². The number of rotatable bonds is 3. The number of esters is 1. The molecule has 0 radical (unpaired) electrons. The summed E-state index contributed by atoms with van der Waals surface area (Å²) in [5, 5.41) is 19.4. The van der Waals surface area contributed by atoms with Crippen molar-refractivity contribution in [3.05, 3.63) is 47.5 Å². The first-order valence-electron chi connectivity index (χ1n) is 5.90. The van der Waals surface area contributed by atoms with Gasteiger partial charge in [-0.2, -0.15) is 0 Å². The van der Waals surface area contributed by atoms with Crippen molar-refractivity contribution < 1.29 is 24.5 Å². The molecule has 0 aromatic heterocycles. The van der Waals surface area contributed by atoms with E-state index in [1.54, 1.807) is 12.1 Å². The lowest BCUT2D eigenvalue weighted by Crippen LogP contribution is -2.01. The molecule has 0 saturated heterocycles. The van der Waals surface area contributed by atoms with Gasteiger partial charge < -0.3 is 19.7 Å². The van der Waals surface area contributed by atoms with Crippen LogP contribution in [0.1, 0.15) is 15.9 Å². The predicted molar refractivity (Wildman–Crippen MR) is 72.4 cm³/mol. The van der Waals surface area contributed by atoms with E-state index in [0.29, 0.717) is 5.75 Å². The Morgan fingerprint density at radius 2 is 1.75 bits per heavy atom. The van der Waals surface area contributed by atoms with Crippen molar-refractivity contribution in [1.82, 2.24) is 0 Å². The number of hydrogen-bond donors (Lipinski definition) is 2. The topological polar surface area (TPSA) is 76.0 Å². The zero-order valence-electron chi connectivity index (χ0n) is 11.1. The SMILES string of the molecule is COC(=O)c1cc(O)c(O)c(Oc2ccc(C)cc2)c1. The number of aromatic hydroxyl groups is 2. The maximum absolute atomic E-state index is 11.5. The molecule has 20 heavy (non-hydrogen) atoms. The molecular weight excluding hydrogens is 260 g/mol. The van der Waals surface area contributed by atoms with Crippen LogP contribution in [0.3, 0.4) is 0 Å². The number of carbonyl (C=O) groups is 1. The van der Waals surface area contributed by atoms with Crippen LogP contribution in [0.15, 0.2) is 36.4 Å². The quantitative estimate of drug-likeness (QED) is 0.664. The molecule has 0 bridgehead atoms. The average molecular weight is 274 g/mol. The molecule has 0 heterocycles. The molecule has 0 aliphatic heterocycles. The Morgan fingerprint density at radius 3 is 2.35 bits per heavy atom. The van der Waals surface area contributed by atoms with Crippen LogP contribution in [0.4, 0.5) is 0 Å². The van der Waals surface area contributed by atoms with Crippen LogP contribution in [0.2, 0.25) is 0 Å². The molecular formula is C15H14O5. The highest BCUT2D eigenvalue weighted by Crippen LogP contribution is 2.39. The monoisotopic (exact) mass is 274 g/mol. The van der Waals surface area contributed by atoms with Gasteiger partial charge >= 0.3 is 5.97 Å². The number of hydrogen-bond acceptors (Lipinski definition) is 5. The number of phenolic OH excluding ortho intramolecular Hbond substituents is 2. The van der Waals surface area contributed by atoms with Crippen LogP contribution in [-0.4, -0.2) is 23.3 Å². The fraction of sp³-hybridized carbons (Fsp3) is 0.133. The van der Waals surface area contributed by atoms with E-state index < -0.39 is 17.5 Å². The Balaban J connectivity index is 2.37. The highest BCUT2D eigenvalue weighted by atomic mass is 16.5. The summed E-state index contributed by atoms with van der Waals surface area (Å²) in [5.41, 5.74) is 1.15. The predicted octanol–water partition coefficient (Wildman–Crippen LogP) is 2.99. The number of benzene rings is 2. The third-order valence-corrected chi connectivity index (χ3v) is 2.72. The minimum absolute atomic E-state index is 0.0192. The van der Waals surface area contributed by atoms with Gasteiger partial charge in [0, 0.05) is 0 Å². The Kier molecular flexibility index (Phi) is 3.79. The lowest BCUT2D eigenvalue weighted by atomic mass is 10.2. The Bertz CT molecular complexity index is 631. The first-order valence-corrected chi connectivity index (χ1v) is 5.90. The van der Waals surface area contributed by atoms with Gasteiger partial charge in [-0.05, 0) is 31.2 Å². The first-order chi connectivity index (χ1) is 9.51. The minimum atomic E-state index is -0.631. The van der Waals surface area contributed by atoms with Crippen LogP contribution >= 0.6 is 0 Å². The molecule has 0 spiro atoms. The molecule has 104 valence electrons. The molecule has 2 rings (SSSR count). The zero-order chi connectivity index (χ0) is 14.7. The average Bonchev–Trinajstić information content (AvgIpc) is 2.45. The van der Waals surface area contributed by atoms with E-state index in [4.69, 9.17) is 4.74 Å². The largest absolute Gasteiger partial charge is 0.504 e. The van der Waals surface area contributed by atoms with Gasteiger partial charge in [-0.25, -0.2) is 4.79 Å². The van der Waals surface area contributed by atoms with Crippen LogP contribution in [0.25, 0.3) is 0 Å². The van der Waals surface area contributed by atoms with Crippen molar-refractivity contribution >= 4 is 5.97 Å². The summed E-state index contributed by atoms with van der Waals surface area (Å²) >= 11 is 0. The molecule has 5 nitrogen and oxygen atoms in total. The number of ether oxygens (including phenoxy) is 2. The second-order valence-corrected chi connectivity index (χ2v) is 4.25. The number of carbonyl (C=O) groups excluding carboxylic acids is 1. The molecule has 2 aromatic rings. The van der Waals surface area contributed by atoms with E-state index in [1.807, 2.05) is 19.1 Å². The first kappa shape index (κ1) is 13.7. The summed E-state index contributed by atoms with van der Waals surface area (Å²) in [6.45, 7) is 1.94. The molecule has 5 heteroatoms. The highest BCUT2D eigenvalue weighted by Gasteiger charge is 2.16.